The third-order valence-corrected chi connectivity index (χ3v) is 3.62. The van der Waals surface area contributed by atoms with E-state index in [9.17, 15) is 0 Å². The van der Waals surface area contributed by atoms with Crippen LogP contribution in [-0.2, 0) is 6.54 Å². The molecule has 17 heavy (non-hydrogen) atoms. The Bertz CT molecular complexity index is 360. The molecule has 1 N–H and O–H groups in total. The molecule has 1 aromatic carbocycles. The molecular weight excluding hydrogens is 212 g/mol. The Morgan fingerprint density at radius 3 is 2.76 bits per heavy atom. The molecule has 3 heteroatoms. The molecule has 0 saturated heterocycles. The van der Waals surface area contributed by atoms with Crippen LogP contribution in [0.1, 0.15) is 31.0 Å². The lowest BCUT2D eigenvalue weighted by atomic mass is 9.94. The van der Waals surface area contributed by atoms with Crippen LogP contribution >= 0.6 is 0 Å². The maximum absolute atomic E-state index is 5.53. The molecule has 1 aliphatic rings. The van der Waals surface area contributed by atoms with Gasteiger partial charge in [-0.2, -0.15) is 0 Å². The van der Waals surface area contributed by atoms with Crippen LogP contribution in [0.4, 0.5) is 0 Å². The van der Waals surface area contributed by atoms with Crippen molar-refractivity contribution in [3.05, 3.63) is 29.3 Å². The lowest BCUT2D eigenvalue weighted by molar-refractivity contribution is 0.200. The summed E-state index contributed by atoms with van der Waals surface area (Å²) in [5.74, 6) is 1.03. The summed E-state index contributed by atoms with van der Waals surface area (Å²) in [5, 5.41) is 3.49. The quantitative estimate of drug-likeness (QED) is 0.864. The van der Waals surface area contributed by atoms with Crippen molar-refractivity contribution in [3.8, 4) is 5.75 Å². The van der Waals surface area contributed by atoms with Crippen LogP contribution < -0.4 is 10.1 Å². The lowest BCUT2D eigenvalue weighted by Gasteiger charge is -2.35. The van der Waals surface area contributed by atoms with E-state index in [1.54, 1.807) is 7.11 Å². The van der Waals surface area contributed by atoms with Crippen molar-refractivity contribution in [1.29, 1.82) is 0 Å². The van der Waals surface area contributed by atoms with Gasteiger partial charge in [0.05, 0.1) is 13.2 Å². The summed E-state index contributed by atoms with van der Waals surface area (Å²) in [5.41, 5.74) is 2.74. The number of benzene rings is 1. The minimum absolute atomic E-state index is 0.435. The average Bonchev–Trinajstić information content (AvgIpc) is 2.39. The van der Waals surface area contributed by atoms with Crippen LogP contribution in [0, 0.1) is 0 Å². The Hall–Kier alpha value is -1.06. The summed E-state index contributed by atoms with van der Waals surface area (Å²) in [4.78, 5) is 2.48. The Morgan fingerprint density at radius 1 is 1.35 bits per heavy atom. The summed E-state index contributed by atoms with van der Waals surface area (Å²) in [6.45, 7) is 8.53. The fourth-order valence-corrected chi connectivity index (χ4v) is 2.72. The number of rotatable bonds is 4. The highest BCUT2D eigenvalue weighted by Gasteiger charge is 2.26. The number of ether oxygens (including phenoxy) is 1. The molecule has 0 unspecified atom stereocenters. The van der Waals surface area contributed by atoms with Crippen molar-refractivity contribution in [2.45, 2.75) is 26.4 Å². The summed E-state index contributed by atoms with van der Waals surface area (Å²) >= 11 is 0. The number of nitrogens with one attached hydrogen (secondary N) is 1. The molecule has 0 aliphatic carbocycles. The third-order valence-electron chi connectivity index (χ3n) is 3.62. The molecule has 1 heterocycles. The molecule has 0 amide bonds. The molecule has 0 aromatic heterocycles. The van der Waals surface area contributed by atoms with E-state index in [0.717, 1.165) is 31.9 Å². The van der Waals surface area contributed by atoms with E-state index in [1.165, 1.54) is 11.1 Å². The minimum Gasteiger partial charge on any atom is -0.496 e. The van der Waals surface area contributed by atoms with Crippen LogP contribution in [0.5, 0.6) is 5.75 Å². The molecule has 3 nitrogen and oxygen atoms in total. The zero-order valence-electron chi connectivity index (χ0n) is 11.0. The second kappa shape index (κ2) is 5.52. The normalized spacial score (nSPS) is 19.2. The van der Waals surface area contributed by atoms with E-state index in [4.69, 9.17) is 4.74 Å². The molecule has 0 saturated carbocycles. The largest absolute Gasteiger partial charge is 0.496 e. The van der Waals surface area contributed by atoms with E-state index in [1.807, 2.05) is 0 Å². The SMILES string of the molecule is CCN(CC)[C@H]1CNCc2cccc(OC)c21. The van der Waals surface area contributed by atoms with E-state index in [-0.39, 0.29) is 0 Å². The fraction of sp³-hybridized carbons (Fsp3) is 0.571. The second-order valence-corrected chi connectivity index (χ2v) is 4.40. The van der Waals surface area contributed by atoms with Crippen molar-refractivity contribution in [1.82, 2.24) is 10.2 Å². The predicted molar refractivity (Wildman–Crippen MR) is 70.4 cm³/mol. The van der Waals surface area contributed by atoms with Crippen molar-refractivity contribution in [2.75, 3.05) is 26.7 Å². The van der Waals surface area contributed by atoms with Gasteiger partial charge >= 0.3 is 0 Å². The standard InChI is InChI=1S/C14H22N2O/c1-4-16(5-2)12-10-15-9-11-7-6-8-13(17-3)14(11)12/h6-8,12,15H,4-5,9-10H2,1-3H3/t12-/m0/s1. The number of fused-ring (bicyclic) bond motifs is 1. The maximum atomic E-state index is 5.53. The first kappa shape index (κ1) is 12.4. The van der Waals surface area contributed by atoms with E-state index >= 15 is 0 Å². The first-order chi connectivity index (χ1) is 8.31. The van der Waals surface area contributed by atoms with Crippen LogP contribution in [-0.4, -0.2) is 31.6 Å². The van der Waals surface area contributed by atoms with Crippen LogP contribution in [0.25, 0.3) is 0 Å². The van der Waals surface area contributed by atoms with Gasteiger partial charge in [-0.3, -0.25) is 4.90 Å². The van der Waals surface area contributed by atoms with Gasteiger partial charge in [0, 0.05) is 18.7 Å². The molecule has 94 valence electrons. The van der Waals surface area contributed by atoms with Gasteiger partial charge in [0.25, 0.3) is 0 Å². The van der Waals surface area contributed by atoms with Gasteiger partial charge in [-0.25, -0.2) is 0 Å². The third kappa shape index (κ3) is 2.31. The predicted octanol–water partition coefficient (Wildman–Crippen LogP) is 2.18. The smallest absolute Gasteiger partial charge is 0.124 e. The van der Waals surface area contributed by atoms with E-state index < -0.39 is 0 Å². The summed E-state index contributed by atoms with van der Waals surface area (Å²) in [6, 6.07) is 6.77. The van der Waals surface area contributed by atoms with Crippen LogP contribution in [0.2, 0.25) is 0 Å². The molecule has 1 atom stereocenters. The molecule has 0 radical (unpaired) electrons. The first-order valence-electron chi connectivity index (χ1n) is 6.42. The van der Waals surface area contributed by atoms with Gasteiger partial charge in [0.2, 0.25) is 0 Å². The van der Waals surface area contributed by atoms with Crippen molar-refractivity contribution in [3.63, 3.8) is 0 Å². The Labute approximate surface area is 104 Å². The highest BCUT2D eigenvalue weighted by atomic mass is 16.5. The molecule has 0 spiro atoms. The number of hydrogen-bond donors (Lipinski definition) is 1. The fourth-order valence-electron chi connectivity index (χ4n) is 2.72. The first-order valence-corrected chi connectivity index (χ1v) is 6.42. The lowest BCUT2D eigenvalue weighted by Crippen LogP contribution is -2.39. The molecule has 2 rings (SSSR count). The summed E-state index contributed by atoms with van der Waals surface area (Å²) in [6.07, 6.45) is 0. The van der Waals surface area contributed by atoms with Gasteiger partial charge in [0.15, 0.2) is 0 Å². The van der Waals surface area contributed by atoms with Crippen molar-refractivity contribution in [2.24, 2.45) is 0 Å². The van der Waals surface area contributed by atoms with Crippen molar-refractivity contribution >= 4 is 0 Å². The highest BCUT2D eigenvalue weighted by Crippen LogP contribution is 2.34. The molecular formula is C14H22N2O. The average molecular weight is 234 g/mol. The summed E-state index contributed by atoms with van der Waals surface area (Å²) in [7, 11) is 1.76. The molecule has 0 fully saturated rings. The van der Waals surface area contributed by atoms with Gasteiger partial charge in [0.1, 0.15) is 5.75 Å². The van der Waals surface area contributed by atoms with Gasteiger partial charge in [-0.05, 0) is 24.7 Å². The highest BCUT2D eigenvalue weighted by molar-refractivity contribution is 5.44. The Balaban J connectivity index is 2.41. The number of likely N-dealkylation sites (N-methyl/N-ethyl adjacent to an activating group) is 1. The Morgan fingerprint density at radius 2 is 2.12 bits per heavy atom. The topological polar surface area (TPSA) is 24.5 Å². The van der Waals surface area contributed by atoms with E-state index in [0.29, 0.717) is 6.04 Å². The molecule has 0 bridgehead atoms. The van der Waals surface area contributed by atoms with Gasteiger partial charge in [-0.1, -0.05) is 26.0 Å². The van der Waals surface area contributed by atoms with Crippen molar-refractivity contribution < 1.29 is 4.74 Å². The van der Waals surface area contributed by atoms with Gasteiger partial charge in [-0.15, -0.1) is 0 Å². The second-order valence-electron chi connectivity index (χ2n) is 4.40. The number of nitrogens with zero attached hydrogens (tertiary/aromatic N) is 1. The Kier molecular flexibility index (Phi) is 4.02. The van der Waals surface area contributed by atoms with Crippen LogP contribution in [0.3, 0.4) is 0 Å². The molecule has 1 aliphatic heterocycles. The minimum atomic E-state index is 0.435. The number of methoxy groups -OCH3 is 1. The zero-order valence-corrected chi connectivity index (χ0v) is 11.0. The monoisotopic (exact) mass is 234 g/mol. The van der Waals surface area contributed by atoms with Gasteiger partial charge < -0.3 is 10.1 Å². The van der Waals surface area contributed by atoms with E-state index in [2.05, 4.69) is 42.3 Å². The van der Waals surface area contributed by atoms with Crippen LogP contribution in [0.15, 0.2) is 18.2 Å². The summed E-state index contributed by atoms with van der Waals surface area (Å²) < 4.78 is 5.53. The zero-order chi connectivity index (χ0) is 12.3. The maximum Gasteiger partial charge on any atom is 0.124 e. The molecule has 1 aromatic rings. The number of hydrogen-bond acceptors (Lipinski definition) is 3.